The Labute approximate surface area is 96.8 Å². The number of benzene rings is 1. The summed E-state index contributed by atoms with van der Waals surface area (Å²) in [4.78, 5) is 0.947. The smallest absolute Gasteiger partial charge is 0.116 e. The molecular formula is C13H10O2S. The summed E-state index contributed by atoms with van der Waals surface area (Å²) >= 11 is 1.61. The summed E-state index contributed by atoms with van der Waals surface area (Å²) in [6.45, 7) is 0. The SMILES string of the molecule is O[C@H](c1ccoc1)c1cc2ccccc2s1. The van der Waals surface area contributed by atoms with Crippen LogP contribution in [0.2, 0.25) is 0 Å². The maximum atomic E-state index is 10.1. The Kier molecular flexibility index (Phi) is 2.27. The van der Waals surface area contributed by atoms with Gasteiger partial charge in [0.1, 0.15) is 6.10 Å². The number of aliphatic hydroxyl groups excluding tert-OH is 1. The molecule has 2 heterocycles. The highest BCUT2D eigenvalue weighted by Gasteiger charge is 2.14. The highest BCUT2D eigenvalue weighted by Crippen LogP contribution is 2.32. The van der Waals surface area contributed by atoms with Gasteiger partial charge in [0.05, 0.1) is 12.5 Å². The monoisotopic (exact) mass is 230 g/mol. The molecule has 3 aromatic rings. The largest absolute Gasteiger partial charge is 0.472 e. The minimum Gasteiger partial charge on any atom is -0.472 e. The van der Waals surface area contributed by atoms with Crippen molar-refractivity contribution in [3.05, 3.63) is 59.4 Å². The summed E-state index contributed by atoms with van der Waals surface area (Å²) < 4.78 is 6.17. The van der Waals surface area contributed by atoms with E-state index in [1.54, 1.807) is 29.9 Å². The molecule has 0 aliphatic carbocycles. The van der Waals surface area contributed by atoms with Gasteiger partial charge in [0.2, 0.25) is 0 Å². The summed E-state index contributed by atoms with van der Waals surface area (Å²) in [5.41, 5.74) is 0.798. The van der Waals surface area contributed by atoms with Crippen LogP contribution in [-0.2, 0) is 0 Å². The molecule has 0 unspecified atom stereocenters. The van der Waals surface area contributed by atoms with Crippen LogP contribution in [0.1, 0.15) is 16.5 Å². The average Bonchev–Trinajstić information content (AvgIpc) is 2.97. The van der Waals surface area contributed by atoms with Crippen LogP contribution in [0.15, 0.2) is 53.3 Å². The lowest BCUT2D eigenvalue weighted by atomic mass is 10.1. The van der Waals surface area contributed by atoms with E-state index >= 15 is 0 Å². The number of aliphatic hydroxyl groups is 1. The van der Waals surface area contributed by atoms with Crippen LogP contribution in [0, 0.1) is 0 Å². The van der Waals surface area contributed by atoms with Crippen LogP contribution < -0.4 is 0 Å². The molecule has 3 rings (SSSR count). The predicted molar refractivity (Wildman–Crippen MR) is 64.6 cm³/mol. The van der Waals surface area contributed by atoms with Crippen molar-refractivity contribution in [2.24, 2.45) is 0 Å². The zero-order valence-corrected chi connectivity index (χ0v) is 9.28. The maximum Gasteiger partial charge on any atom is 0.116 e. The first-order valence-corrected chi connectivity index (χ1v) is 5.85. The second-order valence-corrected chi connectivity index (χ2v) is 4.76. The van der Waals surface area contributed by atoms with Crippen molar-refractivity contribution in [3.63, 3.8) is 0 Å². The summed E-state index contributed by atoms with van der Waals surface area (Å²) in [6, 6.07) is 11.9. The van der Waals surface area contributed by atoms with Crippen molar-refractivity contribution < 1.29 is 9.52 Å². The Bertz CT molecular complexity index is 562. The second-order valence-electron chi connectivity index (χ2n) is 3.65. The van der Waals surface area contributed by atoms with Crippen LogP contribution in [0.4, 0.5) is 0 Å². The number of hydrogen-bond acceptors (Lipinski definition) is 3. The van der Waals surface area contributed by atoms with Crippen molar-refractivity contribution in [2.75, 3.05) is 0 Å². The lowest BCUT2D eigenvalue weighted by Crippen LogP contribution is -1.93. The van der Waals surface area contributed by atoms with Crippen LogP contribution in [0.5, 0.6) is 0 Å². The van der Waals surface area contributed by atoms with E-state index in [0.29, 0.717) is 0 Å². The fraction of sp³-hybridized carbons (Fsp3) is 0.0769. The van der Waals surface area contributed by atoms with Crippen molar-refractivity contribution in [3.8, 4) is 0 Å². The molecule has 2 nitrogen and oxygen atoms in total. The van der Waals surface area contributed by atoms with E-state index in [9.17, 15) is 5.11 Å². The van der Waals surface area contributed by atoms with Crippen LogP contribution in [0.3, 0.4) is 0 Å². The van der Waals surface area contributed by atoms with Gasteiger partial charge in [0.25, 0.3) is 0 Å². The van der Waals surface area contributed by atoms with Gasteiger partial charge in [-0.15, -0.1) is 11.3 Å². The molecule has 1 N–H and O–H groups in total. The van der Waals surface area contributed by atoms with E-state index < -0.39 is 6.10 Å². The first-order valence-electron chi connectivity index (χ1n) is 5.03. The predicted octanol–water partition coefficient (Wildman–Crippen LogP) is 3.58. The van der Waals surface area contributed by atoms with E-state index in [2.05, 4.69) is 12.1 Å². The Morgan fingerprint density at radius 3 is 2.81 bits per heavy atom. The third kappa shape index (κ3) is 1.54. The van der Waals surface area contributed by atoms with Gasteiger partial charge in [-0.1, -0.05) is 18.2 Å². The van der Waals surface area contributed by atoms with Gasteiger partial charge in [-0.3, -0.25) is 0 Å². The van der Waals surface area contributed by atoms with Crippen molar-refractivity contribution >= 4 is 21.4 Å². The summed E-state index contributed by atoms with van der Waals surface area (Å²) in [7, 11) is 0. The number of fused-ring (bicyclic) bond motifs is 1. The molecule has 2 aromatic heterocycles. The van der Waals surface area contributed by atoms with Gasteiger partial charge in [-0.25, -0.2) is 0 Å². The summed E-state index contributed by atoms with van der Waals surface area (Å²) in [5, 5.41) is 11.3. The molecule has 0 saturated carbocycles. The van der Waals surface area contributed by atoms with Gasteiger partial charge in [0, 0.05) is 15.1 Å². The molecule has 3 heteroatoms. The minimum absolute atomic E-state index is 0.587. The van der Waals surface area contributed by atoms with E-state index in [4.69, 9.17) is 4.42 Å². The Morgan fingerprint density at radius 2 is 2.06 bits per heavy atom. The molecular weight excluding hydrogens is 220 g/mol. The normalized spacial score (nSPS) is 13.1. The van der Waals surface area contributed by atoms with E-state index in [0.717, 1.165) is 10.4 Å². The number of thiophene rings is 1. The van der Waals surface area contributed by atoms with Gasteiger partial charge in [-0.2, -0.15) is 0 Å². The third-order valence-electron chi connectivity index (χ3n) is 2.57. The van der Waals surface area contributed by atoms with Crippen molar-refractivity contribution in [1.29, 1.82) is 0 Å². The second kappa shape index (κ2) is 3.77. The molecule has 0 saturated heterocycles. The Balaban J connectivity index is 2.06. The standard InChI is InChI=1S/C13H10O2S/c14-13(10-5-6-15-8-10)12-7-9-3-1-2-4-11(9)16-12/h1-8,13-14H/t13-/m1/s1. The molecule has 0 aliphatic heterocycles. The average molecular weight is 230 g/mol. The highest BCUT2D eigenvalue weighted by molar-refractivity contribution is 7.19. The lowest BCUT2D eigenvalue weighted by Gasteiger charge is -2.03. The van der Waals surface area contributed by atoms with Gasteiger partial charge in [0.15, 0.2) is 0 Å². The van der Waals surface area contributed by atoms with E-state index in [1.165, 1.54) is 10.1 Å². The zero-order valence-electron chi connectivity index (χ0n) is 8.46. The third-order valence-corrected chi connectivity index (χ3v) is 3.74. The lowest BCUT2D eigenvalue weighted by molar-refractivity contribution is 0.223. The maximum absolute atomic E-state index is 10.1. The first kappa shape index (κ1) is 9.63. The molecule has 0 aliphatic rings. The zero-order chi connectivity index (χ0) is 11.0. The summed E-state index contributed by atoms with van der Waals surface area (Å²) in [5.74, 6) is 0. The Morgan fingerprint density at radius 1 is 1.19 bits per heavy atom. The van der Waals surface area contributed by atoms with Gasteiger partial charge < -0.3 is 9.52 Å². The first-order chi connectivity index (χ1) is 7.84. The van der Waals surface area contributed by atoms with E-state index in [-0.39, 0.29) is 0 Å². The molecule has 0 fully saturated rings. The summed E-state index contributed by atoms with van der Waals surface area (Å²) in [6.07, 6.45) is 2.57. The molecule has 0 spiro atoms. The van der Waals surface area contributed by atoms with Crippen LogP contribution in [-0.4, -0.2) is 5.11 Å². The number of furan rings is 1. The molecule has 0 bridgehead atoms. The van der Waals surface area contributed by atoms with Crippen LogP contribution >= 0.6 is 11.3 Å². The van der Waals surface area contributed by atoms with Gasteiger partial charge in [-0.05, 0) is 23.6 Å². The van der Waals surface area contributed by atoms with Crippen LogP contribution in [0.25, 0.3) is 10.1 Å². The fourth-order valence-electron chi connectivity index (χ4n) is 1.73. The quantitative estimate of drug-likeness (QED) is 0.730. The molecule has 16 heavy (non-hydrogen) atoms. The molecule has 1 atom stereocenters. The molecule has 0 amide bonds. The Hall–Kier alpha value is -1.58. The molecule has 1 aromatic carbocycles. The molecule has 0 radical (unpaired) electrons. The number of hydrogen-bond donors (Lipinski definition) is 1. The number of rotatable bonds is 2. The topological polar surface area (TPSA) is 33.4 Å². The van der Waals surface area contributed by atoms with Crippen molar-refractivity contribution in [2.45, 2.75) is 6.10 Å². The van der Waals surface area contributed by atoms with Gasteiger partial charge >= 0.3 is 0 Å². The van der Waals surface area contributed by atoms with Crippen molar-refractivity contribution in [1.82, 2.24) is 0 Å². The fourth-order valence-corrected chi connectivity index (χ4v) is 2.81. The minimum atomic E-state index is -0.587. The highest BCUT2D eigenvalue weighted by atomic mass is 32.1. The van der Waals surface area contributed by atoms with E-state index in [1.807, 2.05) is 18.2 Å². The molecule has 80 valence electrons.